The van der Waals surface area contributed by atoms with Gasteiger partial charge in [-0.3, -0.25) is 4.79 Å². The summed E-state index contributed by atoms with van der Waals surface area (Å²) >= 11 is 0. The molecule has 3 N–H and O–H groups in total. The molecule has 0 saturated heterocycles. The Morgan fingerprint density at radius 2 is 1.31 bits per heavy atom. The zero-order valence-corrected chi connectivity index (χ0v) is 17.6. The summed E-state index contributed by atoms with van der Waals surface area (Å²) in [6.07, 6.45) is 1.73. The van der Waals surface area contributed by atoms with Crippen LogP contribution in [0.15, 0.2) is 48.5 Å². The molecular weight excluding hydrogens is 364 g/mol. The molecule has 156 valence electrons. The molecule has 6 heteroatoms. The Morgan fingerprint density at radius 1 is 0.793 bits per heavy atom. The molecule has 2 rings (SSSR count). The van der Waals surface area contributed by atoms with E-state index in [2.05, 4.69) is 46.8 Å². The molecule has 2 aromatic rings. The zero-order valence-electron chi connectivity index (χ0n) is 17.6. The van der Waals surface area contributed by atoms with Crippen molar-refractivity contribution in [1.82, 2.24) is 10.2 Å². The highest BCUT2D eigenvalue weighted by molar-refractivity contribution is 5.89. The van der Waals surface area contributed by atoms with E-state index in [1.54, 1.807) is 0 Å². The molecule has 0 saturated carbocycles. The topological polar surface area (TPSA) is 73.5 Å². The maximum Gasteiger partial charge on any atom is 0.319 e. The van der Waals surface area contributed by atoms with Crippen molar-refractivity contribution in [3.8, 4) is 0 Å². The van der Waals surface area contributed by atoms with Crippen LogP contribution >= 0.6 is 0 Å². The van der Waals surface area contributed by atoms with Crippen molar-refractivity contribution in [3.05, 3.63) is 59.7 Å². The zero-order chi connectivity index (χ0) is 21.1. The van der Waals surface area contributed by atoms with Crippen molar-refractivity contribution < 1.29 is 9.59 Å². The lowest BCUT2D eigenvalue weighted by atomic mass is 10.1. The minimum absolute atomic E-state index is 0.0898. The predicted octanol–water partition coefficient (Wildman–Crippen LogP) is 3.89. The summed E-state index contributed by atoms with van der Waals surface area (Å²) < 4.78 is 0. The van der Waals surface area contributed by atoms with Gasteiger partial charge in [0.1, 0.15) is 0 Å². The fraction of sp³-hybridized carbons (Fsp3) is 0.391. The van der Waals surface area contributed by atoms with Crippen LogP contribution in [-0.4, -0.2) is 43.0 Å². The molecule has 0 bridgehead atoms. The second-order valence-corrected chi connectivity index (χ2v) is 6.98. The normalized spacial score (nSPS) is 10.6. The number of hydrogen-bond donors (Lipinski definition) is 3. The van der Waals surface area contributed by atoms with Gasteiger partial charge in [0, 0.05) is 31.4 Å². The molecule has 0 aliphatic heterocycles. The summed E-state index contributed by atoms with van der Waals surface area (Å²) in [7, 11) is 0. The van der Waals surface area contributed by atoms with Crippen LogP contribution in [0.25, 0.3) is 0 Å². The van der Waals surface area contributed by atoms with Gasteiger partial charge in [-0.15, -0.1) is 0 Å². The summed E-state index contributed by atoms with van der Waals surface area (Å²) in [6.45, 7) is 9.55. The van der Waals surface area contributed by atoms with E-state index in [1.807, 2.05) is 36.4 Å². The number of nitrogens with one attached hydrogen (secondary N) is 3. The Morgan fingerprint density at radius 3 is 1.83 bits per heavy atom. The molecule has 0 aromatic heterocycles. The van der Waals surface area contributed by atoms with Crippen molar-refractivity contribution in [2.24, 2.45) is 0 Å². The molecule has 29 heavy (non-hydrogen) atoms. The molecule has 0 atom stereocenters. The smallest absolute Gasteiger partial charge is 0.319 e. The first kappa shape index (κ1) is 22.4. The molecule has 0 unspecified atom stereocenters. The second kappa shape index (κ2) is 11.9. The Labute approximate surface area is 173 Å². The molecule has 3 amide bonds. The van der Waals surface area contributed by atoms with Crippen molar-refractivity contribution >= 4 is 23.3 Å². The Bertz CT molecular complexity index is 768. The minimum atomic E-state index is -0.212. The first-order valence-corrected chi connectivity index (χ1v) is 10.2. The van der Waals surface area contributed by atoms with Gasteiger partial charge in [0.05, 0.1) is 0 Å². The van der Waals surface area contributed by atoms with E-state index in [-0.39, 0.29) is 11.9 Å². The van der Waals surface area contributed by atoms with E-state index in [0.717, 1.165) is 49.4 Å². The number of anilines is 2. The van der Waals surface area contributed by atoms with Gasteiger partial charge in [0.2, 0.25) is 5.91 Å². The fourth-order valence-electron chi connectivity index (χ4n) is 3.04. The first-order valence-electron chi connectivity index (χ1n) is 10.2. The van der Waals surface area contributed by atoms with Crippen LogP contribution in [0, 0.1) is 0 Å². The number of amides is 3. The van der Waals surface area contributed by atoms with Gasteiger partial charge < -0.3 is 20.9 Å². The molecule has 0 fully saturated rings. The summed E-state index contributed by atoms with van der Waals surface area (Å²) in [5, 5.41) is 8.47. The van der Waals surface area contributed by atoms with Crippen LogP contribution in [-0.2, 0) is 17.6 Å². The average molecular weight is 397 g/mol. The monoisotopic (exact) mass is 396 g/mol. The number of hydrogen-bond acceptors (Lipinski definition) is 3. The molecule has 0 radical (unpaired) electrons. The highest BCUT2D eigenvalue weighted by Gasteiger charge is 2.04. The van der Waals surface area contributed by atoms with E-state index in [0.29, 0.717) is 6.54 Å². The highest BCUT2D eigenvalue weighted by atomic mass is 16.2. The summed E-state index contributed by atoms with van der Waals surface area (Å²) in [5.74, 6) is -0.0898. The molecular formula is C23H32N4O2. The van der Waals surface area contributed by atoms with Crippen LogP contribution in [0.3, 0.4) is 0 Å². The van der Waals surface area contributed by atoms with Crippen LogP contribution in [0.1, 0.15) is 31.9 Å². The molecule has 6 nitrogen and oxygen atoms in total. The van der Waals surface area contributed by atoms with Crippen LogP contribution in [0.4, 0.5) is 16.2 Å². The molecule has 0 spiro atoms. The Balaban J connectivity index is 1.71. The lowest BCUT2D eigenvalue weighted by molar-refractivity contribution is -0.114. The van der Waals surface area contributed by atoms with Crippen molar-refractivity contribution in [3.63, 3.8) is 0 Å². The SMILES string of the molecule is CCN(CC)CCc1ccc(NC(=O)NCCc2ccc(NC(C)=O)cc2)cc1. The number of benzene rings is 2. The van der Waals surface area contributed by atoms with E-state index in [1.165, 1.54) is 12.5 Å². The van der Waals surface area contributed by atoms with Gasteiger partial charge in [-0.2, -0.15) is 0 Å². The van der Waals surface area contributed by atoms with Gasteiger partial charge >= 0.3 is 6.03 Å². The van der Waals surface area contributed by atoms with Gasteiger partial charge in [-0.25, -0.2) is 4.79 Å². The predicted molar refractivity (Wildman–Crippen MR) is 119 cm³/mol. The largest absolute Gasteiger partial charge is 0.338 e. The minimum Gasteiger partial charge on any atom is -0.338 e. The number of rotatable bonds is 10. The van der Waals surface area contributed by atoms with Crippen molar-refractivity contribution in [2.45, 2.75) is 33.6 Å². The summed E-state index contributed by atoms with van der Waals surface area (Å²) in [4.78, 5) is 25.5. The molecule has 0 aliphatic rings. The van der Waals surface area contributed by atoms with E-state index >= 15 is 0 Å². The maximum atomic E-state index is 12.1. The number of likely N-dealkylation sites (N-methyl/N-ethyl adjacent to an activating group) is 1. The van der Waals surface area contributed by atoms with Crippen molar-refractivity contribution in [1.29, 1.82) is 0 Å². The highest BCUT2D eigenvalue weighted by Crippen LogP contribution is 2.11. The van der Waals surface area contributed by atoms with Gasteiger partial charge in [0.15, 0.2) is 0 Å². The lowest BCUT2D eigenvalue weighted by Crippen LogP contribution is -2.30. The third-order valence-electron chi connectivity index (χ3n) is 4.80. The summed E-state index contributed by atoms with van der Waals surface area (Å²) in [5.41, 5.74) is 3.92. The maximum absolute atomic E-state index is 12.1. The second-order valence-electron chi connectivity index (χ2n) is 6.98. The van der Waals surface area contributed by atoms with E-state index in [4.69, 9.17) is 0 Å². The number of nitrogens with zero attached hydrogens (tertiary/aromatic N) is 1. The molecule has 0 aliphatic carbocycles. The van der Waals surface area contributed by atoms with Crippen LogP contribution in [0.2, 0.25) is 0 Å². The first-order chi connectivity index (χ1) is 14.0. The van der Waals surface area contributed by atoms with E-state index < -0.39 is 0 Å². The average Bonchev–Trinajstić information content (AvgIpc) is 2.71. The molecule has 2 aromatic carbocycles. The fourth-order valence-corrected chi connectivity index (χ4v) is 3.04. The standard InChI is InChI=1S/C23H32N4O2/c1-4-27(5-2)17-15-20-8-12-22(13-9-20)26-23(29)24-16-14-19-6-10-21(11-7-19)25-18(3)28/h6-13H,4-5,14-17H2,1-3H3,(H,25,28)(H2,24,26,29). The number of urea groups is 1. The lowest BCUT2D eigenvalue weighted by Gasteiger charge is -2.17. The molecule has 0 heterocycles. The van der Waals surface area contributed by atoms with Crippen molar-refractivity contribution in [2.75, 3.05) is 36.8 Å². The van der Waals surface area contributed by atoms with Crippen LogP contribution in [0.5, 0.6) is 0 Å². The third kappa shape index (κ3) is 8.35. The summed E-state index contributed by atoms with van der Waals surface area (Å²) in [6, 6.07) is 15.4. The van der Waals surface area contributed by atoms with Crippen LogP contribution < -0.4 is 16.0 Å². The quantitative estimate of drug-likeness (QED) is 0.570. The number of carbonyl (C=O) groups excluding carboxylic acids is 2. The number of carbonyl (C=O) groups is 2. The third-order valence-corrected chi connectivity index (χ3v) is 4.80. The van der Waals surface area contributed by atoms with Gasteiger partial charge in [-0.05, 0) is 61.3 Å². The van der Waals surface area contributed by atoms with Gasteiger partial charge in [0.25, 0.3) is 0 Å². The van der Waals surface area contributed by atoms with E-state index in [9.17, 15) is 9.59 Å². The Hall–Kier alpha value is -2.86. The Kier molecular flexibility index (Phi) is 9.18. The van der Waals surface area contributed by atoms with Gasteiger partial charge in [-0.1, -0.05) is 38.1 Å².